The van der Waals surface area contributed by atoms with Crippen LogP contribution in [0.25, 0.3) is 21.8 Å². The van der Waals surface area contributed by atoms with E-state index in [0.29, 0.717) is 0 Å². The van der Waals surface area contributed by atoms with Gasteiger partial charge in [0.1, 0.15) is 0 Å². The Morgan fingerprint density at radius 3 is 1.73 bits per heavy atom. The molecule has 0 atom stereocenters. The molecule has 1 N–H and O–H groups in total. The van der Waals surface area contributed by atoms with E-state index in [1.165, 1.54) is 0 Å². The van der Waals surface area contributed by atoms with Gasteiger partial charge >= 0.3 is 23.0 Å². The van der Waals surface area contributed by atoms with E-state index in [0.717, 1.165) is 21.8 Å². The molecule has 22 heavy (non-hydrogen) atoms. The van der Waals surface area contributed by atoms with Gasteiger partial charge in [-0.25, -0.2) is 0 Å². The summed E-state index contributed by atoms with van der Waals surface area (Å²) in [6, 6.07) is 12.1. The van der Waals surface area contributed by atoms with Crippen molar-refractivity contribution in [2.45, 2.75) is 6.42 Å². The summed E-state index contributed by atoms with van der Waals surface area (Å²) in [5.41, 5.74) is 1.95. The molecule has 0 radical (unpaired) electrons. The SMILES string of the molecule is O=C([O-])CC(=O)O.[Cu+].c1cnc2c(c1)ccc1cccnc12. The maximum atomic E-state index is 9.39. The van der Waals surface area contributed by atoms with Crippen molar-refractivity contribution in [2.75, 3.05) is 0 Å². The number of carboxylic acid groups (broad SMARTS) is 2. The Morgan fingerprint density at radius 1 is 0.955 bits per heavy atom. The van der Waals surface area contributed by atoms with Gasteiger partial charge in [-0.05, 0) is 12.1 Å². The van der Waals surface area contributed by atoms with E-state index in [9.17, 15) is 14.7 Å². The van der Waals surface area contributed by atoms with Crippen LogP contribution in [0.15, 0.2) is 48.8 Å². The van der Waals surface area contributed by atoms with Gasteiger partial charge < -0.3 is 15.0 Å². The van der Waals surface area contributed by atoms with Crippen LogP contribution < -0.4 is 5.11 Å². The van der Waals surface area contributed by atoms with Crippen LogP contribution in [-0.2, 0) is 26.7 Å². The van der Waals surface area contributed by atoms with Gasteiger partial charge in [-0.15, -0.1) is 0 Å². The van der Waals surface area contributed by atoms with Gasteiger partial charge in [-0.1, -0.05) is 24.3 Å². The first-order valence-electron chi connectivity index (χ1n) is 6.08. The zero-order valence-electron chi connectivity index (χ0n) is 11.2. The first kappa shape index (κ1) is 17.6. The number of benzene rings is 1. The van der Waals surface area contributed by atoms with E-state index >= 15 is 0 Å². The fourth-order valence-electron chi connectivity index (χ4n) is 1.80. The molecule has 1 aromatic carbocycles. The second-order valence-electron chi connectivity index (χ2n) is 4.16. The molecule has 0 fully saturated rings. The molecule has 0 spiro atoms. The number of nitrogens with zero attached hydrogens (tertiary/aromatic N) is 2. The van der Waals surface area contributed by atoms with E-state index in [1.54, 1.807) is 12.4 Å². The summed E-state index contributed by atoms with van der Waals surface area (Å²) < 4.78 is 0. The summed E-state index contributed by atoms with van der Waals surface area (Å²) in [4.78, 5) is 27.4. The standard InChI is InChI=1S/C12H8N2.C3H4O4.Cu/c1-3-9-5-6-10-4-2-8-14-12(10)11(9)13-7-1;4-2(5)1-3(6)7;/h1-8H;1H2,(H,4,5)(H,6,7);/q;;+1/p-1. The van der Waals surface area contributed by atoms with Gasteiger partial charge in [0.15, 0.2) is 0 Å². The second kappa shape index (κ2) is 8.07. The van der Waals surface area contributed by atoms with Crippen LogP contribution in [0.2, 0.25) is 0 Å². The maximum Gasteiger partial charge on any atom is 1.00 e. The first-order valence-corrected chi connectivity index (χ1v) is 6.08. The van der Waals surface area contributed by atoms with E-state index in [4.69, 9.17) is 5.11 Å². The molecule has 3 aromatic rings. The van der Waals surface area contributed by atoms with Crippen molar-refractivity contribution in [3.8, 4) is 0 Å². The number of hydrogen-bond donors (Lipinski definition) is 1. The van der Waals surface area contributed by atoms with Gasteiger partial charge in [-0.2, -0.15) is 0 Å². The van der Waals surface area contributed by atoms with E-state index in [1.807, 2.05) is 12.1 Å². The third-order valence-electron chi connectivity index (χ3n) is 2.64. The molecule has 0 aliphatic rings. The quantitative estimate of drug-likeness (QED) is 0.421. The Kier molecular flexibility index (Phi) is 6.44. The third kappa shape index (κ3) is 4.51. The molecule has 0 bridgehead atoms. The van der Waals surface area contributed by atoms with Crippen molar-refractivity contribution in [1.82, 2.24) is 9.97 Å². The fraction of sp³-hybridized carbons (Fsp3) is 0.0667. The van der Waals surface area contributed by atoms with Crippen molar-refractivity contribution in [3.63, 3.8) is 0 Å². The van der Waals surface area contributed by atoms with Gasteiger partial charge in [0.25, 0.3) is 0 Å². The largest absolute Gasteiger partial charge is 1.00 e. The summed E-state index contributed by atoms with van der Waals surface area (Å²) in [6.45, 7) is 0. The van der Waals surface area contributed by atoms with Crippen LogP contribution in [0, 0.1) is 0 Å². The van der Waals surface area contributed by atoms with Crippen molar-refractivity contribution in [1.29, 1.82) is 0 Å². The molecule has 0 aliphatic heterocycles. The summed E-state index contributed by atoms with van der Waals surface area (Å²) in [5, 5.41) is 19.3. The molecule has 2 aromatic heterocycles. The van der Waals surface area contributed by atoms with E-state index in [-0.39, 0.29) is 17.1 Å². The molecular formula is C15H11CuN2O4. The molecule has 2 heterocycles. The van der Waals surface area contributed by atoms with E-state index in [2.05, 4.69) is 34.2 Å². The van der Waals surface area contributed by atoms with Crippen molar-refractivity contribution in [2.24, 2.45) is 0 Å². The predicted molar refractivity (Wildman–Crippen MR) is 74.3 cm³/mol. The zero-order valence-corrected chi connectivity index (χ0v) is 12.1. The molecular weight excluding hydrogens is 336 g/mol. The average Bonchev–Trinajstić information content (AvgIpc) is 2.46. The third-order valence-corrected chi connectivity index (χ3v) is 2.64. The summed E-state index contributed by atoms with van der Waals surface area (Å²) in [7, 11) is 0. The van der Waals surface area contributed by atoms with Gasteiger partial charge in [0.05, 0.1) is 23.4 Å². The molecule has 0 saturated heterocycles. The minimum atomic E-state index is -1.56. The molecule has 6 nitrogen and oxygen atoms in total. The predicted octanol–water partition coefficient (Wildman–Crippen LogP) is 0.992. The fourth-order valence-corrected chi connectivity index (χ4v) is 1.80. The second-order valence-corrected chi connectivity index (χ2v) is 4.16. The number of fused-ring (bicyclic) bond motifs is 3. The Morgan fingerprint density at radius 2 is 1.41 bits per heavy atom. The number of aliphatic carboxylic acids is 2. The number of carboxylic acids is 2. The van der Waals surface area contributed by atoms with Crippen LogP contribution >= 0.6 is 0 Å². The number of hydrogen-bond acceptors (Lipinski definition) is 5. The maximum absolute atomic E-state index is 9.39. The monoisotopic (exact) mass is 346 g/mol. The zero-order chi connectivity index (χ0) is 15.2. The van der Waals surface area contributed by atoms with Crippen LogP contribution in [0.5, 0.6) is 0 Å². The number of carbonyl (C=O) groups is 2. The van der Waals surface area contributed by atoms with Gasteiger partial charge in [-0.3, -0.25) is 14.8 Å². The average molecular weight is 347 g/mol. The Labute approximate surface area is 136 Å². The summed E-state index contributed by atoms with van der Waals surface area (Å²) >= 11 is 0. The number of pyridine rings is 2. The minimum Gasteiger partial charge on any atom is -0.550 e. The molecule has 7 heteroatoms. The van der Waals surface area contributed by atoms with Crippen LogP contribution in [-0.4, -0.2) is 27.0 Å². The number of rotatable bonds is 2. The first-order chi connectivity index (χ1) is 10.1. The smallest absolute Gasteiger partial charge is 0.550 e. The molecule has 0 aliphatic carbocycles. The molecule has 0 saturated carbocycles. The summed E-state index contributed by atoms with van der Waals surface area (Å²) in [5.74, 6) is -2.94. The van der Waals surface area contributed by atoms with Gasteiger partial charge in [0, 0.05) is 23.2 Å². The van der Waals surface area contributed by atoms with Crippen LogP contribution in [0.1, 0.15) is 6.42 Å². The van der Waals surface area contributed by atoms with Crippen LogP contribution in [0.4, 0.5) is 0 Å². The van der Waals surface area contributed by atoms with Crippen molar-refractivity contribution in [3.05, 3.63) is 48.8 Å². The molecule has 3 rings (SSSR count). The number of aromatic nitrogens is 2. The Hall–Kier alpha value is -2.50. The van der Waals surface area contributed by atoms with E-state index < -0.39 is 18.4 Å². The topological polar surface area (TPSA) is 103 Å². The normalized spacial score (nSPS) is 9.45. The molecule has 0 amide bonds. The Balaban J connectivity index is 0.000000264. The van der Waals surface area contributed by atoms with Gasteiger partial charge in [0.2, 0.25) is 0 Å². The Bertz CT molecular complexity index is 741. The van der Waals surface area contributed by atoms with Crippen LogP contribution in [0.3, 0.4) is 0 Å². The van der Waals surface area contributed by atoms with Crippen molar-refractivity contribution >= 4 is 33.7 Å². The molecule has 116 valence electrons. The van der Waals surface area contributed by atoms with Crippen molar-refractivity contribution < 1.29 is 36.9 Å². The minimum absolute atomic E-state index is 0. The summed E-state index contributed by atoms with van der Waals surface area (Å²) in [6.07, 6.45) is 2.69. The molecule has 0 unspecified atom stereocenters. The number of carbonyl (C=O) groups excluding carboxylic acids is 1.